The lowest BCUT2D eigenvalue weighted by molar-refractivity contribution is 0.0973. The largest absolute Gasteiger partial charge is 0.493 e. The van der Waals surface area contributed by atoms with E-state index in [2.05, 4.69) is 6.07 Å². The maximum Gasteiger partial charge on any atom is 0.270 e. The molecular weight excluding hydrogens is 768 g/mol. The summed E-state index contributed by atoms with van der Waals surface area (Å²) in [5.41, 5.74) is 5.78. The molecule has 4 heterocycles. The zero-order valence-electron chi connectivity index (χ0n) is 32.3. The van der Waals surface area contributed by atoms with Crippen LogP contribution in [0.2, 0.25) is 0 Å². The van der Waals surface area contributed by atoms with Crippen LogP contribution in [0.3, 0.4) is 0 Å². The smallest absolute Gasteiger partial charge is 0.270 e. The van der Waals surface area contributed by atoms with Crippen molar-refractivity contribution in [2.24, 2.45) is 0 Å². The molecule has 57 heavy (non-hydrogen) atoms. The Balaban J connectivity index is 0.962. The number of ether oxygens (including phenoxy) is 4. The number of hydrogen-bond acceptors (Lipinski definition) is 9. The van der Waals surface area contributed by atoms with Gasteiger partial charge < -0.3 is 33.3 Å². The van der Waals surface area contributed by atoms with Gasteiger partial charge in [0.25, 0.3) is 21.9 Å². The molecule has 0 saturated heterocycles. The van der Waals surface area contributed by atoms with E-state index in [9.17, 15) is 27.1 Å². The van der Waals surface area contributed by atoms with E-state index in [1.165, 1.54) is 17.6 Å². The molecule has 0 radical (unpaired) electrons. The summed E-state index contributed by atoms with van der Waals surface area (Å²) < 4.78 is 74.0. The maximum absolute atomic E-state index is 14.3. The van der Waals surface area contributed by atoms with Gasteiger partial charge in [-0.05, 0) is 97.2 Å². The summed E-state index contributed by atoms with van der Waals surface area (Å²) in [5, 5.41) is -1.25. The number of carbonyl (C=O) groups excluding carboxylic acids is 2. The molecule has 0 fully saturated rings. The highest BCUT2D eigenvalue weighted by Gasteiger charge is 2.47. The molecule has 300 valence electrons. The fourth-order valence-electron chi connectivity index (χ4n) is 9.09. The minimum absolute atomic E-state index is 0.0446. The SMILES string of the molecule is CCCP(=O)(CCOc1cc2c(cc1OC)C(=O)N1c3ccccc3C[C@H]1CC2)CCOc1cc2c(cc1OC)C(=O)N1c3ccccc3C[C@H]1C(S(=O)(=O)O)C2. The molecule has 0 aliphatic carbocycles. The van der Waals surface area contributed by atoms with E-state index >= 15 is 0 Å². The van der Waals surface area contributed by atoms with Crippen LogP contribution in [0.15, 0.2) is 72.8 Å². The zero-order chi connectivity index (χ0) is 40.1. The second-order valence-corrected chi connectivity index (χ2v) is 20.4. The van der Waals surface area contributed by atoms with Gasteiger partial charge in [0, 0.05) is 47.0 Å². The quantitative estimate of drug-likeness (QED) is 0.112. The van der Waals surface area contributed by atoms with Gasteiger partial charge in [-0.15, -0.1) is 0 Å². The summed E-state index contributed by atoms with van der Waals surface area (Å²) in [7, 11) is -4.36. The van der Waals surface area contributed by atoms with Gasteiger partial charge >= 0.3 is 0 Å². The molecule has 4 atom stereocenters. The fraction of sp³-hybridized carbons (Fsp3) is 0.395. The lowest BCUT2D eigenvalue weighted by atomic mass is 9.99. The van der Waals surface area contributed by atoms with Crippen LogP contribution in [0.25, 0.3) is 0 Å². The number of anilines is 2. The Kier molecular flexibility index (Phi) is 10.6. The predicted molar refractivity (Wildman–Crippen MR) is 218 cm³/mol. The number of para-hydroxylation sites is 2. The van der Waals surface area contributed by atoms with Crippen molar-refractivity contribution < 1.29 is 46.1 Å². The molecule has 2 amide bonds. The first-order chi connectivity index (χ1) is 27.4. The molecular formula is C43H47N2O10PS. The molecule has 2 unspecified atom stereocenters. The summed E-state index contributed by atoms with van der Waals surface area (Å²) in [6, 6.07) is 21.4. The average molecular weight is 815 g/mol. The Bertz CT molecular complexity index is 2400. The van der Waals surface area contributed by atoms with Gasteiger partial charge in [0.15, 0.2) is 23.0 Å². The van der Waals surface area contributed by atoms with Crippen molar-refractivity contribution in [1.82, 2.24) is 0 Å². The monoisotopic (exact) mass is 814 g/mol. The minimum atomic E-state index is -4.55. The Morgan fingerprint density at radius 3 is 1.84 bits per heavy atom. The maximum atomic E-state index is 14.3. The van der Waals surface area contributed by atoms with Crippen LogP contribution in [0.4, 0.5) is 11.4 Å². The number of hydrogen-bond donors (Lipinski definition) is 1. The minimum Gasteiger partial charge on any atom is -0.493 e. The Labute approximate surface area is 333 Å². The van der Waals surface area contributed by atoms with Crippen LogP contribution in [-0.2, 0) is 40.4 Å². The van der Waals surface area contributed by atoms with Crippen LogP contribution in [0.5, 0.6) is 23.0 Å². The van der Waals surface area contributed by atoms with Crippen molar-refractivity contribution in [3.8, 4) is 23.0 Å². The first kappa shape index (κ1) is 39.0. The number of methoxy groups -OCH3 is 2. The number of carbonyl (C=O) groups is 2. The van der Waals surface area contributed by atoms with E-state index < -0.39 is 28.6 Å². The molecule has 8 rings (SSSR count). The fourth-order valence-corrected chi connectivity index (χ4v) is 12.4. The zero-order valence-corrected chi connectivity index (χ0v) is 34.0. The van der Waals surface area contributed by atoms with E-state index in [1.54, 1.807) is 37.4 Å². The van der Waals surface area contributed by atoms with Crippen molar-refractivity contribution in [3.05, 3.63) is 106 Å². The van der Waals surface area contributed by atoms with E-state index in [4.69, 9.17) is 18.9 Å². The highest BCUT2D eigenvalue weighted by Crippen LogP contribution is 2.47. The van der Waals surface area contributed by atoms with Gasteiger partial charge in [-0.2, -0.15) is 8.42 Å². The highest BCUT2D eigenvalue weighted by atomic mass is 32.2. The van der Waals surface area contributed by atoms with Gasteiger partial charge in [-0.3, -0.25) is 14.1 Å². The third-order valence-electron chi connectivity index (χ3n) is 11.9. The molecule has 0 saturated carbocycles. The summed E-state index contributed by atoms with van der Waals surface area (Å²) in [6.45, 7) is 2.23. The normalized spacial score (nSPS) is 20.5. The van der Waals surface area contributed by atoms with Crippen molar-refractivity contribution in [2.45, 2.75) is 62.8 Å². The third-order valence-corrected chi connectivity index (χ3v) is 16.4. The highest BCUT2D eigenvalue weighted by molar-refractivity contribution is 7.86. The Morgan fingerprint density at radius 1 is 0.702 bits per heavy atom. The van der Waals surface area contributed by atoms with Crippen LogP contribution >= 0.6 is 7.14 Å². The standard InChI is InChI=1S/C43H47N2O10PS/c1-4-17-56(48,18-15-54-39-22-27-13-14-31-20-28-9-5-7-11-34(28)44(31)42(46)32(27)25-37(39)52-2)19-16-55-40-23-30-24-41(57(49,50)51)36-21-29-10-6-8-12-35(29)45(36)43(47)33(30)26-38(40)53-3/h5-12,22-23,25-26,31,36,41H,4,13-21,24H2,1-3H3,(H,49,50,51)/t31-,36+,41?,56?/m1/s1. The number of fused-ring (bicyclic) bond motifs is 8. The van der Waals surface area contributed by atoms with Gasteiger partial charge in [-0.25, -0.2) is 0 Å². The predicted octanol–water partition coefficient (Wildman–Crippen LogP) is 6.84. The van der Waals surface area contributed by atoms with Gasteiger partial charge in [0.1, 0.15) is 5.25 Å². The second kappa shape index (κ2) is 15.5. The lowest BCUT2D eigenvalue weighted by Crippen LogP contribution is -2.47. The van der Waals surface area contributed by atoms with Crippen LogP contribution in [0.1, 0.15) is 62.7 Å². The molecule has 4 aliphatic rings. The summed E-state index contributed by atoms with van der Waals surface area (Å²) >= 11 is 0. The first-order valence-corrected chi connectivity index (χ1v) is 23.2. The topological polar surface area (TPSA) is 149 Å². The molecule has 4 aliphatic heterocycles. The molecule has 0 aromatic heterocycles. The van der Waals surface area contributed by atoms with Gasteiger partial charge in [-0.1, -0.05) is 43.3 Å². The Morgan fingerprint density at radius 2 is 1.25 bits per heavy atom. The van der Waals surface area contributed by atoms with E-state index in [0.717, 1.165) is 29.7 Å². The van der Waals surface area contributed by atoms with Crippen molar-refractivity contribution in [2.75, 3.05) is 55.7 Å². The van der Waals surface area contributed by atoms with Crippen LogP contribution in [-0.4, -0.2) is 88.0 Å². The van der Waals surface area contributed by atoms with E-state index in [-0.39, 0.29) is 60.7 Å². The molecule has 1 N–H and O–H groups in total. The number of benzene rings is 4. The van der Waals surface area contributed by atoms with Crippen molar-refractivity contribution in [1.29, 1.82) is 0 Å². The number of amides is 2. The summed E-state index contributed by atoms with van der Waals surface area (Å²) in [6.07, 6.45) is 4.28. The molecule has 14 heteroatoms. The lowest BCUT2D eigenvalue weighted by Gasteiger charge is -2.27. The van der Waals surface area contributed by atoms with Gasteiger partial charge in [0.2, 0.25) is 0 Å². The molecule has 4 aromatic carbocycles. The molecule has 0 spiro atoms. The van der Waals surface area contributed by atoms with Crippen LogP contribution in [0, 0.1) is 0 Å². The number of aryl methyl sites for hydroxylation is 1. The van der Waals surface area contributed by atoms with E-state index in [1.807, 2.05) is 48.2 Å². The van der Waals surface area contributed by atoms with Crippen LogP contribution < -0.4 is 28.7 Å². The van der Waals surface area contributed by atoms with Crippen molar-refractivity contribution in [3.63, 3.8) is 0 Å². The Hall–Kier alpha value is -4.84. The third kappa shape index (κ3) is 7.30. The summed E-state index contributed by atoms with van der Waals surface area (Å²) in [5.74, 6) is 1.08. The number of rotatable bonds is 13. The van der Waals surface area contributed by atoms with Gasteiger partial charge in [0.05, 0.1) is 40.6 Å². The first-order valence-electron chi connectivity index (χ1n) is 19.5. The molecule has 4 aromatic rings. The molecule has 12 nitrogen and oxygen atoms in total. The molecule has 0 bridgehead atoms. The second-order valence-electron chi connectivity index (χ2n) is 15.3. The van der Waals surface area contributed by atoms with E-state index in [0.29, 0.717) is 59.9 Å². The summed E-state index contributed by atoms with van der Waals surface area (Å²) in [4.78, 5) is 31.3. The number of nitrogens with zero attached hydrogens (tertiary/aromatic N) is 2. The average Bonchev–Trinajstić information content (AvgIpc) is 3.69. The van der Waals surface area contributed by atoms with Crippen molar-refractivity contribution >= 4 is 40.4 Å².